The first kappa shape index (κ1) is 18.5. The fourth-order valence-corrected chi connectivity index (χ4v) is 4.53. The molecule has 26 heavy (non-hydrogen) atoms. The first-order valence-electron chi connectivity index (χ1n) is 7.98. The molecule has 2 aromatic carbocycles. The van der Waals surface area contributed by atoms with Gasteiger partial charge in [0.15, 0.2) is 0 Å². The molecule has 0 saturated heterocycles. The van der Waals surface area contributed by atoms with Crippen LogP contribution in [-0.2, 0) is 14.8 Å². The third kappa shape index (κ3) is 4.09. The van der Waals surface area contributed by atoms with Crippen molar-refractivity contribution in [3.63, 3.8) is 0 Å². The van der Waals surface area contributed by atoms with E-state index in [4.69, 9.17) is 0 Å². The molecule has 0 unspecified atom stereocenters. The molecule has 0 aliphatic heterocycles. The highest BCUT2D eigenvalue weighted by Crippen LogP contribution is 2.24. The maximum atomic E-state index is 12.4. The number of hydrogen-bond donors (Lipinski definition) is 2. The monoisotopic (exact) mass is 389 g/mol. The van der Waals surface area contributed by atoms with E-state index in [0.717, 1.165) is 26.4 Å². The Balaban J connectivity index is 1.69. The molecule has 0 fully saturated rings. The number of nitrogens with one attached hydrogen (secondary N) is 2. The number of carbonyl (C=O) groups is 1. The van der Waals surface area contributed by atoms with Crippen molar-refractivity contribution < 1.29 is 13.2 Å². The summed E-state index contributed by atoms with van der Waals surface area (Å²) in [4.78, 5) is 16.5. The number of hydrogen-bond acceptors (Lipinski definition) is 5. The van der Waals surface area contributed by atoms with Crippen molar-refractivity contribution in [1.82, 2.24) is 9.71 Å². The van der Waals surface area contributed by atoms with Gasteiger partial charge in [-0.05, 0) is 50.6 Å². The van der Waals surface area contributed by atoms with E-state index in [1.165, 1.54) is 17.4 Å². The summed E-state index contributed by atoms with van der Waals surface area (Å²) in [5.74, 6) is -0.421. The van der Waals surface area contributed by atoms with Crippen LogP contribution in [0.15, 0.2) is 41.3 Å². The Morgan fingerprint density at radius 1 is 1.12 bits per heavy atom. The molecule has 1 heterocycles. The molecule has 2 N–H and O–H groups in total. The van der Waals surface area contributed by atoms with E-state index >= 15 is 0 Å². The topological polar surface area (TPSA) is 88.2 Å². The van der Waals surface area contributed by atoms with Crippen LogP contribution < -0.4 is 10.0 Å². The Bertz CT molecular complexity index is 1090. The lowest BCUT2D eigenvalue weighted by Gasteiger charge is -2.10. The number of rotatable bonds is 5. The molecule has 3 aromatic rings. The molecule has 1 amide bonds. The summed E-state index contributed by atoms with van der Waals surface area (Å²) >= 11 is 1.43. The van der Waals surface area contributed by atoms with Crippen molar-refractivity contribution in [2.75, 3.05) is 11.9 Å². The highest BCUT2D eigenvalue weighted by Gasteiger charge is 2.17. The molecule has 3 rings (SSSR count). The van der Waals surface area contributed by atoms with Gasteiger partial charge in [-0.3, -0.25) is 4.79 Å². The second-order valence-corrected chi connectivity index (χ2v) is 9.06. The van der Waals surface area contributed by atoms with Crippen molar-refractivity contribution in [2.45, 2.75) is 25.7 Å². The van der Waals surface area contributed by atoms with Gasteiger partial charge in [-0.1, -0.05) is 17.7 Å². The minimum Gasteiger partial charge on any atom is -0.325 e. The molecule has 8 heteroatoms. The van der Waals surface area contributed by atoms with Crippen LogP contribution in [0.4, 0.5) is 5.69 Å². The first-order valence-corrected chi connectivity index (χ1v) is 10.3. The largest absolute Gasteiger partial charge is 0.325 e. The van der Waals surface area contributed by atoms with Crippen LogP contribution in [0.25, 0.3) is 10.2 Å². The molecule has 0 aliphatic rings. The van der Waals surface area contributed by atoms with E-state index in [9.17, 15) is 13.2 Å². The van der Waals surface area contributed by atoms with Gasteiger partial charge in [0.25, 0.3) is 0 Å². The zero-order chi connectivity index (χ0) is 18.9. The lowest BCUT2D eigenvalue weighted by molar-refractivity contribution is -0.115. The number of benzene rings is 2. The zero-order valence-electron chi connectivity index (χ0n) is 14.7. The van der Waals surface area contributed by atoms with Crippen LogP contribution in [0.2, 0.25) is 0 Å². The predicted molar refractivity (Wildman–Crippen MR) is 104 cm³/mol. The summed E-state index contributed by atoms with van der Waals surface area (Å²) in [6.45, 7) is 5.39. The molecule has 1 aromatic heterocycles. The molecule has 0 bridgehead atoms. The molecule has 0 atom stereocenters. The van der Waals surface area contributed by atoms with Crippen molar-refractivity contribution in [3.8, 4) is 0 Å². The third-order valence-electron chi connectivity index (χ3n) is 3.86. The fraction of sp³-hybridized carbons (Fsp3) is 0.222. The van der Waals surface area contributed by atoms with Crippen molar-refractivity contribution in [1.29, 1.82) is 0 Å². The zero-order valence-corrected chi connectivity index (χ0v) is 16.3. The maximum Gasteiger partial charge on any atom is 0.241 e. The average Bonchev–Trinajstić information content (AvgIpc) is 2.95. The number of aromatic nitrogens is 1. The average molecular weight is 390 g/mol. The number of anilines is 1. The van der Waals surface area contributed by atoms with Crippen LogP contribution in [0.3, 0.4) is 0 Å². The number of thiazole rings is 1. The normalized spacial score (nSPS) is 11.7. The number of sulfonamides is 1. The van der Waals surface area contributed by atoms with Crippen LogP contribution in [-0.4, -0.2) is 25.9 Å². The molecule has 0 radical (unpaired) electrons. The summed E-state index contributed by atoms with van der Waals surface area (Å²) in [5.41, 5.74) is 3.45. The minimum absolute atomic E-state index is 0.118. The van der Waals surface area contributed by atoms with Gasteiger partial charge < -0.3 is 5.32 Å². The van der Waals surface area contributed by atoms with E-state index in [2.05, 4.69) is 15.0 Å². The third-order valence-corrected chi connectivity index (χ3v) is 6.19. The quantitative estimate of drug-likeness (QED) is 0.702. The van der Waals surface area contributed by atoms with E-state index in [1.807, 2.05) is 32.9 Å². The first-order chi connectivity index (χ1) is 12.2. The van der Waals surface area contributed by atoms with Gasteiger partial charge in [-0.2, -0.15) is 0 Å². The van der Waals surface area contributed by atoms with Gasteiger partial charge in [-0.25, -0.2) is 18.1 Å². The summed E-state index contributed by atoms with van der Waals surface area (Å²) in [6, 6.07) is 10.4. The molecule has 0 spiro atoms. The van der Waals surface area contributed by atoms with Gasteiger partial charge in [0.2, 0.25) is 15.9 Å². The number of nitrogens with zero attached hydrogens (tertiary/aromatic N) is 1. The van der Waals surface area contributed by atoms with Gasteiger partial charge in [0.1, 0.15) is 0 Å². The molecule has 136 valence electrons. The molecular weight excluding hydrogens is 370 g/mol. The molecule has 0 saturated carbocycles. The van der Waals surface area contributed by atoms with Crippen molar-refractivity contribution >= 4 is 43.2 Å². The fourth-order valence-electron chi connectivity index (χ4n) is 2.58. The standard InChI is InChI=1S/C18H19N3O3S2/c1-11-4-6-15(12(2)8-11)21-18(22)10-19-26(23,24)14-5-7-16-17(9-14)25-13(3)20-16/h4-9,19H,10H2,1-3H3,(H,21,22). The Morgan fingerprint density at radius 3 is 2.62 bits per heavy atom. The van der Waals surface area contributed by atoms with E-state index < -0.39 is 15.9 Å². The summed E-state index contributed by atoms with van der Waals surface area (Å²) < 4.78 is 28.0. The van der Waals surface area contributed by atoms with Crippen LogP contribution in [0.5, 0.6) is 0 Å². The lowest BCUT2D eigenvalue weighted by atomic mass is 10.1. The summed E-state index contributed by atoms with van der Waals surface area (Å²) in [5, 5.41) is 3.59. The highest BCUT2D eigenvalue weighted by atomic mass is 32.2. The Labute approximate surface area is 156 Å². The number of fused-ring (bicyclic) bond motifs is 1. The van der Waals surface area contributed by atoms with Crippen molar-refractivity contribution in [3.05, 3.63) is 52.5 Å². The Kier molecular flexibility index (Phi) is 5.08. The Hall–Kier alpha value is -2.29. The molecule has 0 aliphatic carbocycles. The molecule has 6 nitrogen and oxygen atoms in total. The van der Waals surface area contributed by atoms with E-state index in [1.54, 1.807) is 18.2 Å². The van der Waals surface area contributed by atoms with E-state index in [-0.39, 0.29) is 11.4 Å². The van der Waals surface area contributed by atoms with Crippen LogP contribution >= 0.6 is 11.3 Å². The second kappa shape index (κ2) is 7.14. The predicted octanol–water partition coefficient (Wildman–Crippen LogP) is 3.14. The van der Waals surface area contributed by atoms with E-state index in [0.29, 0.717) is 5.69 Å². The summed E-state index contributed by atoms with van der Waals surface area (Å²) in [6.07, 6.45) is 0. The van der Waals surface area contributed by atoms with Gasteiger partial charge in [0, 0.05) is 5.69 Å². The van der Waals surface area contributed by atoms with Crippen molar-refractivity contribution in [2.24, 2.45) is 0 Å². The number of aryl methyl sites for hydroxylation is 3. The highest BCUT2D eigenvalue weighted by molar-refractivity contribution is 7.89. The van der Waals surface area contributed by atoms with Crippen LogP contribution in [0.1, 0.15) is 16.1 Å². The molecular formula is C18H19N3O3S2. The lowest BCUT2D eigenvalue weighted by Crippen LogP contribution is -2.33. The smallest absolute Gasteiger partial charge is 0.241 e. The number of carbonyl (C=O) groups excluding carboxylic acids is 1. The van der Waals surface area contributed by atoms with Crippen LogP contribution in [0, 0.1) is 20.8 Å². The maximum absolute atomic E-state index is 12.4. The number of amides is 1. The second-order valence-electron chi connectivity index (χ2n) is 6.05. The minimum atomic E-state index is -3.78. The van der Waals surface area contributed by atoms with Gasteiger partial charge in [0.05, 0.1) is 26.7 Å². The van der Waals surface area contributed by atoms with Gasteiger partial charge in [-0.15, -0.1) is 11.3 Å². The SMILES string of the molecule is Cc1ccc(NC(=O)CNS(=O)(=O)c2ccc3nc(C)sc3c2)c(C)c1. The summed E-state index contributed by atoms with van der Waals surface area (Å²) in [7, 11) is -3.78. The Morgan fingerprint density at radius 2 is 1.88 bits per heavy atom. The van der Waals surface area contributed by atoms with Gasteiger partial charge >= 0.3 is 0 Å².